The van der Waals surface area contributed by atoms with Crippen molar-refractivity contribution >= 4 is 23.0 Å². The lowest BCUT2D eigenvalue weighted by atomic mass is 10.1. The van der Waals surface area contributed by atoms with Gasteiger partial charge in [0.25, 0.3) is 5.91 Å². The monoisotopic (exact) mass is 299 g/mol. The summed E-state index contributed by atoms with van der Waals surface area (Å²) in [5.41, 5.74) is 13.4. The minimum absolute atomic E-state index is 0.230. The maximum absolute atomic E-state index is 12.1. The van der Waals surface area contributed by atoms with Gasteiger partial charge >= 0.3 is 0 Å². The summed E-state index contributed by atoms with van der Waals surface area (Å²) in [5, 5.41) is 2.81. The maximum Gasteiger partial charge on any atom is 0.255 e. The smallest absolute Gasteiger partial charge is 0.255 e. The van der Waals surface area contributed by atoms with Gasteiger partial charge in [-0.15, -0.1) is 0 Å². The number of nitrogens with two attached hydrogens (primary N) is 2. The standard InChI is InChI=1S/C17H21N3O2/c1-2-3-10-22-14-7-5-13(6-8-14)20-17(21)12-4-9-15(18)16(19)11-12/h4-9,11H,2-3,10,18-19H2,1H3,(H,20,21). The number of nitrogens with one attached hydrogen (secondary N) is 1. The van der Waals surface area contributed by atoms with Crippen LogP contribution in [0.25, 0.3) is 0 Å². The summed E-state index contributed by atoms with van der Waals surface area (Å²) in [5.74, 6) is 0.564. The van der Waals surface area contributed by atoms with Crippen LogP contribution >= 0.6 is 0 Å². The highest BCUT2D eigenvalue weighted by atomic mass is 16.5. The molecule has 2 aromatic carbocycles. The molecule has 0 fully saturated rings. The Balaban J connectivity index is 1.97. The molecular formula is C17H21N3O2. The van der Waals surface area contributed by atoms with Crippen molar-refractivity contribution in [3.63, 3.8) is 0 Å². The van der Waals surface area contributed by atoms with Crippen molar-refractivity contribution in [3.05, 3.63) is 48.0 Å². The molecule has 0 aliphatic heterocycles. The molecule has 5 nitrogen and oxygen atoms in total. The highest BCUT2D eigenvalue weighted by Crippen LogP contribution is 2.19. The first-order valence-electron chi connectivity index (χ1n) is 7.29. The number of rotatable bonds is 6. The second-order valence-corrected chi connectivity index (χ2v) is 5.02. The molecule has 5 heteroatoms. The molecule has 0 unspecified atom stereocenters. The largest absolute Gasteiger partial charge is 0.494 e. The predicted octanol–water partition coefficient (Wildman–Crippen LogP) is 3.28. The highest BCUT2D eigenvalue weighted by molar-refractivity contribution is 6.05. The first-order chi connectivity index (χ1) is 10.6. The van der Waals surface area contributed by atoms with E-state index < -0.39 is 0 Å². The molecule has 1 amide bonds. The van der Waals surface area contributed by atoms with Crippen LogP contribution < -0.4 is 21.5 Å². The number of unbranched alkanes of at least 4 members (excludes halogenated alkanes) is 1. The third-order valence-corrected chi connectivity index (χ3v) is 3.23. The molecule has 5 N–H and O–H groups in total. The van der Waals surface area contributed by atoms with Gasteiger partial charge in [0.15, 0.2) is 0 Å². The average Bonchev–Trinajstić information content (AvgIpc) is 2.52. The molecule has 0 aromatic heterocycles. The second kappa shape index (κ2) is 7.36. The number of carbonyl (C=O) groups is 1. The van der Waals surface area contributed by atoms with Crippen molar-refractivity contribution < 1.29 is 9.53 Å². The topological polar surface area (TPSA) is 90.4 Å². The predicted molar refractivity (Wildman–Crippen MR) is 90.1 cm³/mol. The zero-order valence-corrected chi connectivity index (χ0v) is 12.6. The van der Waals surface area contributed by atoms with Crippen LogP contribution in [0, 0.1) is 0 Å². The molecular weight excluding hydrogens is 278 g/mol. The van der Waals surface area contributed by atoms with Gasteiger partial charge in [0.1, 0.15) is 5.75 Å². The van der Waals surface area contributed by atoms with Crippen LogP contribution in [0.15, 0.2) is 42.5 Å². The molecule has 0 saturated heterocycles. The van der Waals surface area contributed by atoms with Crippen LogP contribution in [0.4, 0.5) is 17.1 Å². The lowest BCUT2D eigenvalue weighted by Crippen LogP contribution is -2.12. The normalized spacial score (nSPS) is 10.2. The zero-order chi connectivity index (χ0) is 15.9. The molecule has 116 valence electrons. The Morgan fingerprint density at radius 3 is 2.45 bits per heavy atom. The number of hydrogen-bond acceptors (Lipinski definition) is 4. The fourth-order valence-electron chi connectivity index (χ4n) is 1.89. The quantitative estimate of drug-likeness (QED) is 0.564. The van der Waals surface area contributed by atoms with Gasteiger partial charge in [-0.2, -0.15) is 0 Å². The molecule has 0 spiro atoms. The number of carbonyl (C=O) groups excluding carboxylic acids is 1. The zero-order valence-electron chi connectivity index (χ0n) is 12.6. The van der Waals surface area contributed by atoms with Crippen LogP contribution in [0.3, 0.4) is 0 Å². The van der Waals surface area contributed by atoms with E-state index in [1.165, 1.54) is 0 Å². The SMILES string of the molecule is CCCCOc1ccc(NC(=O)c2ccc(N)c(N)c2)cc1. The van der Waals surface area contributed by atoms with Crippen LogP contribution in [0.2, 0.25) is 0 Å². The van der Waals surface area contributed by atoms with Crippen molar-refractivity contribution in [1.82, 2.24) is 0 Å². The highest BCUT2D eigenvalue weighted by Gasteiger charge is 2.07. The average molecular weight is 299 g/mol. The summed E-state index contributed by atoms with van der Waals surface area (Å²) >= 11 is 0. The minimum Gasteiger partial charge on any atom is -0.494 e. The molecule has 0 bridgehead atoms. The van der Waals surface area contributed by atoms with E-state index in [9.17, 15) is 4.79 Å². The lowest BCUT2D eigenvalue weighted by Gasteiger charge is -2.09. The third-order valence-electron chi connectivity index (χ3n) is 3.23. The Labute approximate surface area is 130 Å². The van der Waals surface area contributed by atoms with Gasteiger partial charge in [-0.3, -0.25) is 4.79 Å². The van der Waals surface area contributed by atoms with E-state index in [2.05, 4.69) is 12.2 Å². The molecule has 0 atom stereocenters. The summed E-state index contributed by atoms with van der Waals surface area (Å²) in [6.45, 7) is 2.82. The van der Waals surface area contributed by atoms with Gasteiger partial charge < -0.3 is 21.5 Å². The second-order valence-electron chi connectivity index (χ2n) is 5.02. The van der Waals surface area contributed by atoms with E-state index >= 15 is 0 Å². The van der Waals surface area contributed by atoms with E-state index in [1.807, 2.05) is 12.1 Å². The van der Waals surface area contributed by atoms with Gasteiger partial charge in [0.05, 0.1) is 18.0 Å². The Hall–Kier alpha value is -2.69. The summed E-state index contributed by atoms with van der Waals surface area (Å²) in [6, 6.07) is 12.1. The Morgan fingerprint density at radius 2 is 1.82 bits per heavy atom. The molecule has 22 heavy (non-hydrogen) atoms. The maximum atomic E-state index is 12.1. The Morgan fingerprint density at radius 1 is 1.09 bits per heavy atom. The number of anilines is 3. The number of hydrogen-bond donors (Lipinski definition) is 3. The molecule has 2 aromatic rings. The summed E-state index contributed by atoms with van der Waals surface area (Å²) in [6.07, 6.45) is 2.12. The van der Waals surface area contributed by atoms with Crippen molar-refractivity contribution in [2.24, 2.45) is 0 Å². The number of ether oxygens (including phenoxy) is 1. The van der Waals surface area contributed by atoms with Crippen molar-refractivity contribution in [2.45, 2.75) is 19.8 Å². The summed E-state index contributed by atoms with van der Waals surface area (Å²) in [4.78, 5) is 12.1. The molecule has 2 rings (SSSR count). The molecule has 0 aliphatic rings. The first-order valence-corrected chi connectivity index (χ1v) is 7.29. The van der Waals surface area contributed by atoms with Crippen LogP contribution in [0.1, 0.15) is 30.1 Å². The van der Waals surface area contributed by atoms with Gasteiger partial charge in [-0.25, -0.2) is 0 Å². The van der Waals surface area contributed by atoms with Crippen molar-refractivity contribution in [3.8, 4) is 5.75 Å². The summed E-state index contributed by atoms with van der Waals surface area (Å²) in [7, 11) is 0. The van der Waals surface area contributed by atoms with E-state index in [1.54, 1.807) is 30.3 Å². The molecule has 0 aliphatic carbocycles. The Bertz CT molecular complexity index is 639. The molecule has 0 saturated carbocycles. The van der Waals surface area contributed by atoms with Crippen molar-refractivity contribution in [2.75, 3.05) is 23.4 Å². The van der Waals surface area contributed by atoms with Crippen LogP contribution in [-0.2, 0) is 0 Å². The number of amides is 1. The molecule has 0 heterocycles. The fourth-order valence-corrected chi connectivity index (χ4v) is 1.89. The fraction of sp³-hybridized carbons (Fsp3) is 0.235. The number of benzene rings is 2. The number of nitrogen functional groups attached to an aromatic ring is 2. The third kappa shape index (κ3) is 4.15. The van der Waals surface area contributed by atoms with Crippen LogP contribution in [0.5, 0.6) is 5.75 Å². The van der Waals surface area contributed by atoms with E-state index in [-0.39, 0.29) is 5.91 Å². The minimum atomic E-state index is -0.230. The van der Waals surface area contributed by atoms with Gasteiger partial charge in [0, 0.05) is 11.3 Å². The van der Waals surface area contributed by atoms with Gasteiger partial charge in [0.2, 0.25) is 0 Å². The van der Waals surface area contributed by atoms with Crippen LogP contribution in [-0.4, -0.2) is 12.5 Å². The summed E-state index contributed by atoms with van der Waals surface area (Å²) < 4.78 is 5.58. The first kappa shape index (κ1) is 15.7. The van der Waals surface area contributed by atoms with E-state index in [0.717, 1.165) is 18.6 Å². The van der Waals surface area contributed by atoms with Crippen molar-refractivity contribution in [1.29, 1.82) is 0 Å². The van der Waals surface area contributed by atoms with Gasteiger partial charge in [-0.05, 0) is 48.9 Å². The lowest BCUT2D eigenvalue weighted by molar-refractivity contribution is 0.102. The molecule has 0 radical (unpaired) electrons. The van der Waals surface area contributed by atoms with E-state index in [4.69, 9.17) is 16.2 Å². The van der Waals surface area contributed by atoms with Gasteiger partial charge in [-0.1, -0.05) is 13.3 Å². The van der Waals surface area contributed by atoms with E-state index in [0.29, 0.717) is 29.2 Å². The Kier molecular flexibility index (Phi) is 5.25.